The number of pyridine rings is 1. The molecular weight excluding hydrogens is 438 g/mol. The van der Waals surface area contributed by atoms with E-state index >= 15 is 0 Å². The maximum atomic E-state index is 12.6. The van der Waals surface area contributed by atoms with Crippen molar-refractivity contribution in [3.63, 3.8) is 0 Å². The summed E-state index contributed by atoms with van der Waals surface area (Å²) in [5, 5.41) is 3.83. The van der Waals surface area contributed by atoms with Gasteiger partial charge in [-0.15, -0.1) is 0 Å². The Balaban J connectivity index is 1.17. The van der Waals surface area contributed by atoms with Gasteiger partial charge in [0.05, 0.1) is 6.10 Å². The summed E-state index contributed by atoms with van der Waals surface area (Å²) in [5.41, 5.74) is 1.90. The minimum atomic E-state index is -0.119. The summed E-state index contributed by atoms with van der Waals surface area (Å²) in [6.07, 6.45) is 2.31. The number of rotatable bonds is 8. The number of aromatic nitrogens is 2. The molecule has 0 spiro atoms. The molecule has 3 heterocycles. The molecule has 4 rings (SSSR count). The number of hydrogen-bond donors (Lipinski definition) is 1. The number of fused-ring (bicyclic) bond motifs is 1. The van der Waals surface area contributed by atoms with Crippen molar-refractivity contribution in [3.8, 4) is 5.75 Å². The molecule has 33 heavy (non-hydrogen) atoms. The van der Waals surface area contributed by atoms with E-state index in [0.29, 0.717) is 19.6 Å². The van der Waals surface area contributed by atoms with Gasteiger partial charge in [-0.1, -0.05) is 23.5 Å². The highest BCUT2D eigenvalue weighted by Crippen LogP contribution is 2.27. The number of carbonyl (C=O) groups is 2. The average Bonchev–Trinajstić information content (AvgIpc) is 3.26. The lowest BCUT2D eigenvalue weighted by atomic mass is 10.2. The van der Waals surface area contributed by atoms with Crippen molar-refractivity contribution in [3.05, 3.63) is 48.2 Å². The molecule has 0 bridgehead atoms. The SMILES string of the molecule is CC(C)Oc1ccc(CNC(=O)CCC(=O)N2CCN(c3nc4cccnc4s3)CC2)cc1. The summed E-state index contributed by atoms with van der Waals surface area (Å²) in [7, 11) is 0. The maximum Gasteiger partial charge on any atom is 0.223 e. The third-order valence-electron chi connectivity index (χ3n) is 5.41. The van der Waals surface area contributed by atoms with Gasteiger partial charge in [0.25, 0.3) is 0 Å². The van der Waals surface area contributed by atoms with Crippen molar-refractivity contribution in [2.75, 3.05) is 31.1 Å². The van der Waals surface area contributed by atoms with Gasteiger partial charge < -0.3 is 19.9 Å². The number of nitrogens with one attached hydrogen (secondary N) is 1. The first-order valence-corrected chi connectivity index (χ1v) is 12.1. The molecule has 0 saturated carbocycles. The quantitative estimate of drug-likeness (QED) is 0.547. The van der Waals surface area contributed by atoms with Gasteiger partial charge in [0.2, 0.25) is 11.8 Å². The Morgan fingerprint density at radius 2 is 1.85 bits per heavy atom. The fourth-order valence-electron chi connectivity index (χ4n) is 3.67. The Kier molecular flexibility index (Phi) is 7.39. The van der Waals surface area contributed by atoms with Crippen molar-refractivity contribution in [1.82, 2.24) is 20.2 Å². The van der Waals surface area contributed by atoms with Crippen molar-refractivity contribution >= 4 is 38.6 Å². The van der Waals surface area contributed by atoms with Crippen LogP contribution in [0.4, 0.5) is 5.13 Å². The number of hydrogen-bond acceptors (Lipinski definition) is 7. The normalized spacial score (nSPS) is 14.0. The largest absolute Gasteiger partial charge is 0.491 e. The lowest BCUT2D eigenvalue weighted by Crippen LogP contribution is -2.48. The fourth-order valence-corrected chi connectivity index (χ4v) is 4.63. The van der Waals surface area contributed by atoms with Gasteiger partial charge in [0.1, 0.15) is 16.1 Å². The molecule has 3 aromatic rings. The molecule has 1 aromatic carbocycles. The molecule has 2 amide bonds. The van der Waals surface area contributed by atoms with E-state index < -0.39 is 0 Å². The van der Waals surface area contributed by atoms with Gasteiger partial charge in [-0.05, 0) is 43.7 Å². The topological polar surface area (TPSA) is 87.7 Å². The van der Waals surface area contributed by atoms with Gasteiger partial charge in [-0.2, -0.15) is 0 Å². The first kappa shape index (κ1) is 23.0. The molecule has 2 aromatic heterocycles. The summed E-state index contributed by atoms with van der Waals surface area (Å²) in [4.78, 5) is 38.7. The molecule has 1 aliphatic heterocycles. The Hall–Kier alpha value is -3.20. The van der Waals surface area contributed by atoms with Crippen LogP contribution in [0, 0.1) is 0 Å². The summed E-state index contributed by atoms with van der Waals surface area (Å²) in [6.45, 7) is 7.13. The van der Waals surface area contributed by atoms with E-state index in [4.69, 9.17) is 4.74 Å². The van der Waals surface area contributed by atoms with Crippen molar-refractivity contribution < 1.29 is 14.3 Å². The highest BCUT2D eigenvalue weighted by atomic mass is 32.1. The zero-order chi connectivity index (χ0) is 23.2. The minimum absolute atomic E-state index is 0.0194. The number of piperazine rings is 1. The first-order chi connectivity index (χ1) is 16.0. The maximum absolute atomic E-state index is 12.6. The number of thiazole rings is 1. The van der Waals surface area contributed by atoms with Gasteiger partial charge in [0.15, 0.2) is 5.13 Å². The van der Waals surface area contributed by atoms with E-state index in [-0.39, 0.29) is 30.8 Å². The number of nitrogens with zero attached hydrogens (tertiary/aromatic N) is 4. The van der Waals surface area contributed by atoms with Gasteiger partial charge in [-0.3, -0.25) is 9.59 Å². The highest BCUT2D eigenvalue weighted by Gasteiger charge is 2.23. The van der Waals surface area contributed by atoms with Crippen LogP contribution in [-0.4, -0.2) is 59.0 Å². The van der Waals surface area contributed by atoms with E-state index in [1.165, 1.54) is 0 Å². The third kappa shape index (κ3) is 6.19. The van der Waals surface area contributed by atoms with Gasteiger partial charge in [0, 0.05) is 51.8 Å². The molecule has 0 radical (unpaired) electrons. The second kappa shape index (κ2) is 10.6. The summed E-state index contributed by atoms with van der Waals surface area (Å²) >= 11 is 1.57. The molecule has 1 N–H and O–H groups in total. The fraction of sp³-hybridized carbons (Fsp3) is 0.417. The van der Waals surface area contributed by atoms with E-state index in [0.717, 1.165) is 39.9 Å². The number of carbonyl (C=O) groups excluding carboxylic acids is 2. The summed E-state index contributed by atoms with van der Waals surface area (Å²) in [6, 6.07) is 11.5. The lowest BCUT2D eigenvalue weighted by molar-refractivity contribution is -0.133. The smallest absolute Gasteiger partial charge is 0.223 e. The van der Waals surface area contributed by atoms with Crippen LogP contribution < -0.4 is 15.0 Å². The van der Waals surface area contributed by atoms with Crippen molar-refractivity contribution in [1.29, 1.82) is 0 Å². The predicted molar refractivity (Wildman–Crippen MR) is 129 cm³/mol. The average molecular weight is 468 g/mol. The molecule has 9 heteroatoms. The predicted octanol–water partition coefficient (Wildman–Crippen LogP) is 3.22. The van der Waals surface area contributed by atoms with E-state index in [1.54, 1.807) is 17.5 Å². The Bertz CT molecular complexity index is 1060. The second-order valence-electron chi connectivity index (χ2n) is 8.28. The van der Waals surface area contributed by atoms with Crippen LogP contribution in [0.1, 0.15) is 32.3 Å². The van der Waals surface area contributed by atoms with Crippen LogP contribution >= 0.6 is 11.3 Å². The van der Waals surface area contributed by atoms with Crippen molar-refractivity contribution in [2.45, 2.75) is 39.3 Å². The van der Waals surface area contributed by atoms with Crippen molar-refractivity contribution in [2.24, 2.45) is 0 Å². The second-order valence-corrected chi connectivity index (χ2v) is 9.24. The standard InChI is InChI=1S/C24H29N5O3S/c1-17(2)32-19-7-5-18(6-8-19)16-26-21(30)9-10-22(31)28-12-14-29(15-13-28)24-27-20-4-3-11-25-23(20)33-24/h3-8,11,17H,9-10,12-16H2,1-2H3,(H,26,30). The summed E-state index contributed by atoms with van der Waals surface area (Å²) in [5.74, 6) is 0.711. The van der Waals surface area contributed by atoms with E-state index in [1.807, 2.05) is 55.1 Å². The van der Waals surface area contributed by atoms with Crippen LogP contribution in [0.5, 0.6) is 5.75 Å². The number of anilines is 1. The van der Waals surface area contributed by atoms with E-state index in [2.05, 4.69) is 20.2 Å². The van der Waals surface area contributed by atoms with E-state index in [9.17, 15) is 9.59 Å². The van der Waals surface area contributed by atoms with Crippen LogP contribution in [-0.2, 0) is 16.1 Å². The molecule has 0 unspecified atom stereocenters. The van der Waals surface area contributed by atoms with Gasteiger partial charge in [-0.25, -0.2) is 9.97 Å². The Labute approximate surface area is 197 Å². The molecule has 1 fully saturated rings. The number of amides is 2. The lowest BCUT2D eigenvalue weighted by Gasteiger charge is -2.34. The molecule has 0 aliphatic carbocycles. The molecular formula is C24H29N5O3S. The summed E-state index contributed by atoms with van der Waals surface area (Å²) < 4.78 is 5.62. The molecule has 174 valence electrons. The monoisotopic (exact) mass is 467 g/mol. The van der Waals surface area contributed by atoms with Crippen LogP contribution in [0.15, 0.2) is 42.6 Å². The van der Waals surface area contributed by atoms with Crippen LogP contribution in [0.2, 0.25) is 0 Å². The van der Waals surface area contributed by atoms with Gasteiger partial charge >= 0.3 is 0 Å². The Morgan fingerprint density at radius 1 is 1.09 bits per heavy atom. The minimum Gasteiger partial charge on any atom is -0.491 e. The zero-order valence-electron chi connectivity index (χ0n) is 19.0. The molecule has 8 nitrogen and oxygen atoms in total. The number of benzene rings is 1. The first-order valence-electron chi connectivity index (χ1n) is 11.2. The molecule has 0 atom stereocenters. The number of ether oxygens (including phenoxy) is 1. The van der Waals surface area contributed by atoms with Crippen LogP contribution in [0.25, 0.3) is 10.3 Å². The third-order valence-corrected chi connectivity index (χ3v) is 6.45. The highest BCUT2D eigenvalue weighted by molar-refractivity contribution is 7.21. The Morgan fingerprint density at radius 3 is 2.55 bits per heavy atom. The van der Waals surface area contributed by atoms with Crippen LogP contribution in [0.3, 0.4) is 0 Å². The molecule has 1 aliphatic rings. The molecule has 1 saturated heterocycles. The zero-order valence-corrected chi connectivity index (χ0v) is 19.8.